The maximum absolute atomic E-state index is 13.0. The molecule has 0 aliphatic carbocycles. The van der Waals surface area contributed by atoms with E-state index < -0.39 is 24.1 Å². The molecule has 1 atom stereocenters. The van der Waals surface area contributed by atoms with Crippen LogP contribution >= 0.6 is 15.9 Å². The lowest BCUT2D eigenvalue weighted by Crippen LogP contribution is -2.44. The van der Waals surface area contributed by atoms with Crippen LogP contribution in [0.5, 0.6) is 0 Å². The van der Waals surface area contributed by atoms with Gasteiger partial charge in [0.25, 0.3) is 5.91 Å². The third-order valence-electron chi connectivity index (χ3n) is 4.94. The summed E-state index contributed by atoms with van der Waals surface area (Å²) < 4.78 is 2.66. The Morgan fingerprint density at radius 3 is 2.48 bits per heavy atom. The minimum Gasteiger partial charge on any atom is -0.465 e. The number of hydrogen-bond donors (Lipinski definition) is 5. The van der Waals surface area contributed by atoms with Gasteiger partial charge in [0.2, 0.25) is 0 Å². The fraction of sp³-hybridized carbons (Fsp3) is 0.273. The molecule has 0 saturated heterocycles. The zero-order chi connectivity index (χ0) is 23.8. The van der Waals surface area contributed by atoms with Gasteiger partial charge >= 0.3 is 12.2 Å². The Morgan fingerprint density at radius 2 is 1.79 bits per heavy atom. The topological polar surface area (TPSA) is 146 Å². The van der Waals surface area contributed by atoms with E-state index in [1.165, 1.54) is 0 Å². The SMILES string of the molecule is O=C(O)NCCC[C@@H](CNC(=O)c1nc2cc(Br)ccc2n1Cc1ccccc1)NC(=O)O. The maximum atomic E-state index is 13.0. The fourth-order valence-electron chi connectivity index (χ4n) is 3.44. The van der Waals surface area contributed by atoms with Crippen LogP contribution in [-0.4, -0.2) is 57.0 Å². The quantitative estimate of drug-likeness (QED) is 0.261. The van der Waals surface area contributed by atoms with Gasteiger partial charge in [-0.1, -0.05) is 46.3 Å². The van der Waals surface area contributed by atoms with Crippen LogP contribution in [0, 0.1) is 0 Å². The molecule has 0 bridgehead atoms. The van der Waals surface area contributed by atoms with Crippen molar-refractivity contribution < 1.29 is 24.6 Å². The van der Waals surface area contributed by atoms with Gasteiger partial charge in [0.15, 0.2) is 5.82 Å². The van der Waals surface area contributed by atoms with Gasteiger partial charge in [-0.15, -0.1) is 0 Å². The molecule has 0 fully saturated rings. The number of amides is 3. The van der Waals surface area contributed by atoms with Crippen molar-refractivity contribution in [2.45, 2.75) is 25.4 Å². The van der Waals surface area contributed by atoms with E-state index in [0.717, 1.165) is 15.6 Å². The summed E-state index contributed by atoms with van der Waals surface area (Å²) in [6, 6.07) is 14.7. The van der Waals surface area contributed by atoms with Crippen molar-refractivity contribution in [3.63, 3.8) is 0 Å². The molecule has 0 radical (unpaired) electrons. The molecule has 2 aromatic carbocycles. The molecule has 0 aliphatic heterocycles. The number of nitrogens with zero attached hydrogens (tertiary/aromatic N) is 2. The molecule has 0 unspecified atom stereocenters. The van der Waals surface area contributed by atoms with Crippen molar-refractivity contribution in [2.24, 2.45) is 0 Å². The molecule has 33 heavy (non-hydrogen) atoms. The number of benzene rings is 2. The average molecular weight is 518 g/mol. The Bertz CT molecular complexity index is 1130. The Balaban J connectivity index is 1.76. The first-order valence-corrected chi connectivity index (χ1v) is 11.1. The van der Waals surface area contributed by atoms with E-state index in [9.17, 15) is 14.4 Å². The highest BCUT2D eigenvalue weighted by molar-refractivity contribution is 9.10. The van der Waals surface area contributed by atoms with Crippen LogP contribution in [-0.2, 0) is 6.54 Å². The van der Waals surface area contributed by atoms with E-state index in [1.807, 2.05) is 53.1 Å². The summed E-state index contributed by atoms with van der Waals surface area (Å²) in [5, 5.41) is 25.1. The molecule has 3 aromatic rings. The van der Waals surface area contributed by atoms with Crippen molar-refractivity contribution >= 4 is 45.1 Å². The number of carbonyl (C=O) groups is 3. The van der Waals surface area contributed by atoms with Gasteiger partial charge in [-0.3, -0.25) is 4.79 Å². The first-order chi connectivity index (χ1) is 15.8. The number of hydrogen-bond acceptors (Lipinski definition) is 4. The third-order valence-corrected chi connectivity index (χ3v) is 5.43. The number of halogens is 1. The lowest BCUT2D eigenvalue weighted by Gasteiger charge is -2.18. The number of rotatable bonds is 10. The lowest BCUT2D eigenvalue weighted by molar-refractivity contribution is 0.0933. The van der Waals surface area contributed by atoms with Crippen LogP contribution in [0.1, 0.15) is 29.0 Å². The van der Waals surface area contributed by atoms with Crippen LogP contribution < -0.4 is 16.0 Å². The normalized spacial score (nSPS) is 11.7. The first kappa shape index (κ1) is 24.1. The second-order valence-electron chi connectivity index (χ2n) is 7.37. The van der Waals surface area contributed by atoms with E-state index in [4.69, 9.17) is 10.2 Å². The average Bonchev–Trinajstić information content (AvgIpc) is 3.12. The molecule has 0 spiro atoms. The number of fused-ring (bicyclic) bond motifs is 1. The molecule has 1 heterocycles. The van der Waals surface area contributed by atoms with Crippen molar-refractivity contribution in [1.82, 2.24) is 25.5 Å². The highest BCUT2D eigenvalue weighted by Gasteiger charge is 2.20. The van der Waals surface area contributed by atoms with Crippen molar-refractivity contribution in [3.05, 3.63) is 64.4 Å². The Morgan fingerprint density at radius 1 is 1.03 bits per heavy atom. The molecule has 11 heteroatoms. The molecule has 3 rings (SSSR count). The molecule has 10 nitrogen and oxygen atoms in total. The molecule has 3 amide bonds. The maximum Gasteiger partial charge on any atom is 0.404 e. The third kappa shape index (κ3) is 6.94. The van der Waals surface area contributed by atoms with Crippen LogP contribution in [0.4, 0.5) is 9.59 Å². The second-order valence-corrected chi connectivity index (χ2v) is 8.29. The van der Waals surface area contributed by atoms with E-state index in [1.54, 1.807) is 0 Å². The standard InChI is InChI=1S/C22H24BrN5O5/c23-15-8-9-18-17(11-15)27-19(28(18)13-14-5-2-1-3-6-14)20(29)25-12-16(26-22(32)33)7-4-10-24-21(30)31/h1-3,5-6,8-9,11,16,24,26H,4,7,10,12-13H2,(H,25,29)(H,30,31)(H,32,33)/t16-/m0/s1. The minimum atomic E-state index is -1.22. The predicted octanol–water partition coefficient (Wildman–Crippen LogP) is 3.26. The number of carbonyl (C=O) groups excluding carboxylic acids is 1. The van der Waals surface area contributed by atoms with Gasteiger partial charge in [-0.2, -0.15) is 0 Å². The van der Waals surface area contributed by atoms with Gasteiger partial charge < -0.3 is 30.7 Å². The van der Waals surface area contributed by atoms with E-state index >= 15 is 0 Å². The predicted molar refractivity (Wildman–Crippen MR) is 126 cm³/mol. The molecule has 0 saturated carbocycles. The highest BCUT2D eigenvalue weighted by atomic mass is 79.9. The number of imidazole rings is 1. The molecule has 1 aromatic heterocycles. The van der Waals surface area contributed by atoms with E-state index in [2.05, 4.69) is 36.9 Å². The van der Waals surface area contributed by atoms with Gasteiger partial charge in [-0.25, -0.2) is 14.6 Å². The van der Waals surface area contributed by atoms with Crippen LogP contribution in [0.15, 0.2) is 53.0 Å². The molecular formula is C22H24BrN5O5. The Hall–Kier alpha value is -3.60. The Labute approximate surface area is 198 Å². The summed E-state index contributed by atoms with van der Waals surface area (Å²) in [5.74, 6) is -0.215. The molecule has 0 aliphatic rings. The van der Waals surface area contributed by atoms with Gasteiger partial charge in [-0.05, 0) is 36.6 Å². The number of nitrogens with one attached hydrogen (secondary N) is 3. The van der Waals surface area contributed by atoms with Crippen molar-refractivity contribution in [1.29, 1.82) is 0 Å². The Kier molecular flexibility index (Phi) is 8.25. The summed E-state index contributed by atoms with van der Waals surface area (Å²) in [6.45, 7) is 0.665. The zero-order valence-corrected chi connectivity index (χ0v) is 19.2. The van der Waals surface area contributed by atoms with Crippen LogP contribution in [0.3, 0.4) is 0 Å². The van der Waals surface area contributed by atoms with E-state index in [-0.39, 0.29) is 18.9 Å². The number of carboxylic acid groups (broad SMARTS) is 2. The zero-order valence-electron chi connectivity index (χ0n) is 17.6. The molecular weight excluding hydrogens is 494 g/mol. The van der Waals surface area contributed by atoms with Gasteiger partial charge in [0, 0.05) is 30.1 Å². The number of aromatic nitrogens is 2. The smallest absolute Gasteiger partial charge is 0.404 e. The summed E-state index contributed by atoms with van der Waals surface area (Å²) in [4.78, 5) is 39.2. The van der Waals surface area contributed by atoms with Crippen LogP contribution in [0.2, 0.25) is 0 Å². The summed E-state index contributed by atoms with van der Waals surface area (Å²) in [7, 11) is 0. The lowest BCUT2D eigenvalue weighted by atomic mass is 10.1. The minimum absolute atomic E-state index is 0.0381. The first-order valence-electron chi connectivity index (χ1n) is 10.3. The summed E-state index contributed by atoms with van der Waals surface area (Å²) in [6.07, 6.45) is -1.61. The molecule has 5 N–H and O–H groups in total. The second kappa shape index (κ2) is 11.3. The summed E-state index contributed by atoms with van der Waals surface area (Å²) >= 11 is 3.43. The van der Waals surface area contributed by atoms with E-state index in [0.29, 0.717) is 24.9 Å². The monoisotopic (exact) mass is 517 g/mol. The fourth-order valence-corrected chi connectivity index (χ4v) is 3.79. The molecule has 174 valence electrons. The van der Waals surface area contributed by atoms with Crippen LogP contribution in [0.25, 0.3) is 11.0 Å². The largest absolute Gasteiger partial charge is 0.465 e. The van der Waals surface area contributed by atoms with Gasteiger partial charge in [0.05, 0.1) is 11.0 Å². The van der Waals surface area contributed by atoms with Crippen molar-refractivity contribution in [3.8, 4) is 0 Å². The van der Waals surface area contributed by atoms with Crippen molar-refractivity contribution in [2.75, 3.05) is 13.1 Å². The van der Waals surface area contributed by atoms with Gasteiger partial charge in [0.1, 0.15) is 0 Å². The highest BCUT2D eigenvalue weighted by Crippen LogP contribution is 2.22. The summed E-state index contributed by atoms with van der Waals surface area (Å²) in [5.41, 5.74) is 2.46.